The van der Waals surface area contributed by atoms with Gasteiger partial charge in [-0.3, -0.25) is 4.79 Å². The largest absolute Gasteiger partial charge is 0.442 e. The third-order valence-electron chi connectivity index (χ3n) is 4.37. The van der Waals surface area contributed by atoms with E-state index in [9.17, 15) is 4.79 Å². The van der Waals surface area contributed by atoms with E-state index < -0.39 is 0 Å². The highest BCUT2D eigenvalue weighted by atomic mass is 32.2. The lowest BCUT2D eigenvalue weighted by atomic mass is 10.0. The predicted molar refractivity (Wildman–Crippen MR) is 98.1 cm³/mol. The van der Waals surface area contributed by atoms with E-state index in [1.807, 2.05) is 29.4 Å². The third kappa shape index (κ3) is 3.36. The molecule has 1 atom stereocenters. The topological polar surface area (TPSA) is 46.3 Å². The summed E-state index contributed by atoms with van der Waals surface area (Å²) in [5.74, 6) is 2.53. The Bertz CT molecular complexity index is 697. The molecule has 1 aliphatic heterocycles. The summed E-state index contributed by atoms with van der Waals surface area (Å²) in [5.41, 5.74) is 1.97. The van der Waals surface area contributed by atoms with E-state index in [1.54, 1.807) is 11.8 Å². The van der Waals surface area contributed by atoms with Gasteiger partial charge in [-0.2, -0.15) is 11.8 Å². The zero-order valence-corrected chi connectivity index (χ0v) is 15.3. The minimum absolute atomic E-state index is 0.0281. The van der Waals surface area contributed by atoms with Crippen molar-refractivity contribution in [2.75, 3.05) is 18.6 Å². The number of likely N-dealkylation sites (tertiary alicyclic amines) is 1. The van der Waals surface area contributed by atoms with Crippen molar-refractivity contribution >= 4 is 17.7 Å². The van der Waals surface area contributed by atoms with Gasteiger partial charge in [-0.15, -0.1) is 0 Å². The molecule has 0 N–H and O–H groups in total. The molecule has 1 fully saturated rings. The van der Waals surface area contributed by atoms with Crippen molar-refractivity contribution in [3.8, 4) is 11.3 Å². The van der Waals surface area contributed by atoms with Crippen LogP contribution in [-0.4, -0.2) is 34.3 Å². The Morgan fingerprint density at radius 1 is 1.38 bits per heavy atom. The minimum Gasteiger partial charge on any atom is -0.442 e. The van der Waals surface area contributed by atoms with Gasteiger partial charge in [0.2, 0.25) is 11.8 Å². The van der Waals surface area contributed by atoms with Gasteiger partial charge in [0, 0.05) is 18.0 Å². The maximum Gasteiger partial charge on any atom is 0.233 e. The van der Waals surface area contributed by atoms with Crippen molar-refractivity contribution in [1.29, 1.82) is 0 Å². The molecule has 0 bridgehead atoms. The van der Waals surface area contributed by atoms with E-state index in [0.717, 1.165) is 36.4 Å². The van der Waals surface area contributed by atoms with E-state index in [0.29, 0.717) is 11.6 Å². The number of benzene rings is 1. The zero-order valence-electron chi connectivity index (χ0n) is 14.5. The highest BCUT2D eigenvalue weighted by Gasteiger charge is 2.34. The van der Waals surface area contributed by atoms with Gasteiger partial charge in [-0.05, 0) is 19.1 Å². The molecule has 0 unspecified atom stereocenters. The van der Waals surface area contributed by atoms with Gasteiger partial charge in [0.05, 0.1) is 5.75 Å². The first-order chi connectivity index (χ1) is 11.6. The molecule has 2 aromatic rings. The highest BCUT2D eigenvalue weighted by molar-refractivity contribution is 7.99. The zero-order chi connectivity index (χ0) is 17.1. The fourth-order valence-electron chi connectivity index (χ4n) is 3.21. The number of carbonyl (C=O) groups excluding carboxylic acids is 1. The second kappa shape index (κ2) is 7.43. The molecule has 128 valence electrons. The van der Waals surface area contributed by atoms with E-state index >= 15 is 0 Å². The van der Waals surface area contributed by atoms with Crippen LogP contribution in [0.5, 0.6) is 0 Å². The van der Waals surface area contributed by atoms with Crippen LogP contribution in [0.4, 0.5) is 0 Å². The highest BCUT2D eigenvalue weighted by Crippen LogP contribution is 2.37. The van der Waals surface area contributed by atoms with E-state index in [4.69, 9.17) is 9.40 Å². The summed E-state index contributed by atoms with van der Waals surface area (Å²) in [6.45, 7) is 5.02. The van der Waals surface area contributed by atoms with Gasteiger partial charge in [-0.25, -0.2) is 4.98 Å². The van der Waals surface area contributed by atoms with Gasteiger partial charge in [0.1, 0.15) is 17.5 Å². The quantitative estimate of drug-likeness (QED) is 0.801. The molecule has 3 rings (SSSR count). The number of nitrogens with zero attached hydrogens (tertiary/aromatic N) is 2. The summed E-state index contributed by atoms with van der Waals surface area (Å²) in [7, 11) is 0. The molecule has 5 heteroatoms. The SMILES string of the molecule is CSCC(=O)N1CCC[C@H]1c1nc(-c2ccccc2)c(C(C)C)o1. The Kier molecular flexibility index (Phi) is 5.29. The van der Waals surface area contributed by atoms with Crippen LogP contribution in [0.2, 0.25) is 0 Å². The second-order valence-corrected chi connectivity index (χ2v) is 7.33. The second-order valence-electron chi connectivity index (χ2n) is 6.46. The van der Waals surface area contributed by atoms with Crippen LogP contribution in [0.1, 0.15) is 50.3 Å². The number of rotatable bonds is 5. The van der Waals surface area contributed by atoms with Crippen LogP contribution < -0.4 is 0 Å². The number of aromatic nitrogens is 1. The maximum absolute atomic E-state index is 12.4. The predicted octanol–water partition coefficient (Wildman–Crippen LogP) is 4.49. The summed E-state index contributed by atoms with van der Waals surface area (Å²) in [4.78, 5) is 19.1. The number of carbonyl (C=O) groups is 1. The lowest BCUT2D eigenvalue weighted by Gasteiger charge is -2.21. The van der Waals surface area contributed by atoms with Crippen molar-refractivity contribution < 1.29 is 9.21 Å². The van der Waals surface area contributed by atoms with Gasteiger partial charge < -0.3 is 9.32 Å². The van der Waals surface area contributed by atoms with Gasteiger partial charge in [-0.1, -0.05) is 44.2 Å². The Hall–Kier alpha value is -1.75. The maximum atomic E-state index is 12.4. The average Bonchev–Trinajstić information content (AvgIpc) is 3.22. The minimum atomic E-state index is -0.0281. The van der Waals surface area contributed by atoms with Gasteiger partial charge >= 0.3 is 0 Å². The summed E-state index contributed by atoms with van der Waals surface area (Å²) >= 11 is 1.56. The molecule has 0 spiro atoms. The summed E-state index contributed by atoms with van der Waals surface area (Å²) in [6, 6.07) is 10.1. The summed E-state index contributed by atoms with van der Waals surface area (Å²) in [5, 5.41) is 0. The van der Waals surface area contributed by atoms with Crippen molar-refractivity contribution in [2.24, 2.45) is 0 Å². The number of hydrogen-bond donors (Lipinski definition) is 0. The Morgan fingerprint density at radius 2 is 2.12 bits per heavy atom. The fourth-order valence-corrected chi connectivity index (χ4v) is 3.63. The number of amides is 1. The van der Waals surface area contributed by atoms with Crippen LogP contribution >= 0.6 is 11.8 Å². The van der Waals surface area contributed by atoms with Crippen LogP contribution in [0.15, 0.2) is 34.7 Å². The van der Waals surface area contributed by atoms with Gasteiger partial charge in [0.15, 0.2) is 0 Å². The van der Waals surface area contributed by atoms with Crippen molar-refractivity contribution in [3.05, 3.63) is 42.0 Å². The molecule has 0 radical (unpaired) electrons. The molecular weight excluding hydrogens is 320 g/mol. The number of oxazole rings is 1. The fraction of sp³-hybridized carbons (Fsp3) is 0.474. The number of hydrogen-bond acceptors (Lipinski definition) is 4. The van der Waals surface area contributed by atoms with E-state index in [1.165, 1.54) is 0 Å². The molecule has 1 aliphatic rings. The third-order valence-corrected chi connectivity index (χ3v) is 4.90. The lowest BCUT2D eigenvalue weighted by molar-refractivity contribution is -0.129. The van der Waals surface area contributed by atoms with Crippen LogP contribution in [0.3, 0.4) is 0 Å². The number of thioether (sulfide) groups is 1. The lowest BCUT2D eigenvalue weighted by Crippen LogP contribution is -2.32. The van der Waals surface area contributed by atoms with Crippen LogP contribution in [0, 0.1) is 0 Å². The Morgan fingerprint density at radius 3 is 2.79 bits per heavy atom. The average molecular weight is 344 g/mol. The van der Waals surface area contributed by atoms with Crippen LogP contribution in [-0.2, 0) is 4.79 Å². The Balaban J connectivity index is 1.95. The smallest absolute Gasteiger partial charge is 0.233 e. The standard InChI is InChI=1S/C19H24N2O2S/c1-13(2)18-17(14-8-5-4-6-9-14)20-19(23-18)15-10-7-11-21(15)16(22)12-24-3/h4-6,8-9,13,15H,7,10-12H2,1-3H3/t15-/m0/s1. The summed E-state index contributed by atoms with van der Waals surface area (Å²) < 4.78 is 6.16. The normalized spacial score (nSPS) is 17.7. The molecule has 0 saturated carbocycles. The van der Waals surface area contributed by atoms with E-state index in [2.05, 4.69) is 26.0 Å². The monoisotopic (exact) mass is 344 g/mol. The molecule has 2 heterocycles. The molecule has 1 amide bonds. The molecule has 1 aromatic heterocycles. The first kappa shape index (κ1) is 17.1. The first-order valence-corrected chi connectivity index (χ1v) is 9.85. The molecule has 1 aromatic carbocycles. The van der Waals surface area contributed by atoms with Crippen molar-refractivity contribution in [2.45, 2.75) is 38.6 Å². The molecule has 0 aliphatic carbocycles. The van der Waals surface area contributed by atoms with Crippen molar-refractivity contribution in [1.82, 2.24) is 9.88 Å². The Labute approximate surface area is 147 Å². The van der Waals surface area contributed by atoms with Gasteiger partial charge in [0.25, 0.3) is 0 Å². The van der Waals surface area contributed by atoms with E-state index in [-0.39, 0.29) is 17.9 Å². The van der Waals surface area contributed by atoms with Crippen molar-refractivity contribution in [3.63, 3.8) is 0 Å². The summed E-state index contributed by atoms with van der Waals surface area (Å²) in [6.07, 6.45) is 3.88. The molecule has 24 heavy (non-hydrogen) atoms. The molecular formula is C19H24N2O2S. The molecule has 1 saturated heterocycles. The first-order valence-electron chi connectivity index (χ1n) is 8.46. The molecule has 4 nitrogen and oxygen atoms in total. The van der Waals surface area contributed by atoms with Crippen LogP contribution in [0.25, 0.3) is 11.3 Å².